The molecule has 0 radical (unpaired) electrons. The van der Waals surface area contributed by atoms with Gasteiger partial charge < -0.3 is 14.8 Å². The van der Waals surface area contributed by atoms with Crippen molar-refractivity contribution < 1.29 is 9.47 Å². The molecule has 3 nitrogen and oxygen atoms in total. The number of nitrogens with one attached hydrogen (secondary N) is 1. The average molecular weight is 219 g/mol. The Morgan fingerprint density at radius 2 is 2.31 bits per heavy atom. The van der Waals surface area contributed by atoms with Gasteiger partial charge in [-0.2, -0.15) is 0 Å². The first kappa shape index (κ1) is 9.97. The summed E-state index contributed by atoms with van der Waals surface area (Å²) >= 11 is 0. The van der Waals surface area contributed by atoms with Crippen LogP contribution in [-0.4, -0.2) is 26.8 Å². The molecule has 0 saturated carbocycles. The van der Waals surface area contributed by atoms with Gasteiger partial charge in [0.05, 0.1) is 13.7 Å². The third-order valence-corrected chi connectivity index (χ3v) is 3.70. The van der Waals surface area contributed by atoms with E-state index in [0.717, 1.165) is 37.6 Å². The van der Waals surface area contributed by atoms with Gasteiger partial charge in [-0.05, 0) is 31.0 Å². The maximum absolute atomic E-state index is 5.82. The SMILES string of the molecule is COc1cccc2c1C1CNCC1CCO2. The van der Waals surface area contributed by atoms with Crippen LogP contribution in [0.4, 0.5) is 0 Å². The van der Waals surface area contributed by atoms with Crippen molar-refractivity contribution in [3.8, 4) is 11.5 Å². The van der Waals surface area contributed by atoms with Crippen LogP contribution in [0.5, 0.6) is 11.5 Å². The standard InChI is InChI=1S/C13H17NO2/c1-15-11-3-2-4-12-13(11)10-8-14-7-9(10)5-6-16-12/h2-4,9-10,14H,5-8H2,1H3. The van der Waals surface area contributed by atoms with Crippen LogP contribution in [0, 0.1) is 5.92 Å². The first-order chi connectivity index (χ1) is 7.90. The lowest BCUT2D eigenvalue weighted by molar-refractivity contribution is 0.296. The molecule has 0 bridgehead atoms. The lowest BCUT2D eigenvalue weighted by Gasteiger charge is -2.18. The van der Waals surface area contributed by atoms with Crippen molar-refractivity contribution >= 4 is 0 Å². The highest BCUT2D eigenvalue weighted by Gasteiger charge is 2.34. The van der Waals surface area contributed by atoms with Gasteiger partial charge in [0.2, 0.25) is 0 Å². The maximum atomic E-state index is 5.82. The fourth-order valence-corrected chi connectivity index (χ4v) is 2.89. The van der Waals surface area contributed by atoms with E-state index in [0.29, 0.717) is 11.8 Å². The highest BCUT2D eigenvalue weighted by atomic mass is 16.5. The third kappa shape index (κ3) is 1.47. The Bertz CT molecular complexity index is 392. The van der Waals surface area contributed by atoms with Gasteiger partial charge in [-0.15, -0.1) is 0 Å². The molecule has 0 amide bonds. The molecule has 1 aromatic carbocycles. The minimum absolute atomic E-state index is 0.550. The predicted octanol–water partition coefficient (Wildman–Crippen LogP) is 1.78. The Morgan fingerprint density at radius 3 is 3.19 bits per heavy atom. The predicted molar refractivity (Wildman–Crippen MR) is 62.2 cm³/mol. The summed E-state index contributed by atoms with van der Waals surface area (Å²) in [6.07, 6.45) is 1.13. The summed E-state index contributed by atoms with van der Waals surface area (Å²) in [6, 6.07) is 6.09. The second kappa shape index (κ2) is 3.98. The Hall–Kier alpha value is -1.22. The number of hydrogen-bond donors (Lipinski definition) is 1. The molecule has 0 aliphatic carbocycles. The molecule has 86 valence electrons. The van der Waals surface area contributed by atoms with Crippen molar-refractivity contribution in [2.45, 2.75) is 12.3 Å². The molecule has 1 N–H and O–H groups in total. The normalized spacial score (nSPS) is 27.6. The third-order valence-electron chi connectivity index (χ3n) is 3.70. The van der Waals surface area contributed by atoms with E-state index in [1.54, 1.807) is 7.11 Å². The van der Waals surface area contributed by atoms with E-state index in [2.05, 4.69) is 11.4 Å². The van der Waals surface area contributed by atoms with Gasteiger partial charge >= 0.3 is 0 Å². The average Bonchev–Trinajstić information content (AvgIpc) is 2.70. The Morgan fingerprint density at radius 1 is 1.38 bits per heavy atom. The Kier molecular flexibility index (Phi) is 2.48. The van der Waals surface area contributed by atoms with Crippen LogP contribution >= 0.6 is 0 Å². The number of fused-ring (bicyclic) bond motifs is 3. The van der Waals surface area contributed by atoms with Crippen LogP contribution in [0.15, 0.2) is 18.2 Å². The van der Waals surface area contributed by atoms with Gasteiger partial charge in [0.15, 0.2) is 0 Å². The van der Waals surface area contributed by atoms with Crippen molar-refractivity contribution in [2.75, 3.05) is 26.8 Å². The van der Waals surface area contributed by atoms with Crippen LogP contribution in [0.25, 0.3) is 0 Å². The zero-order valence-electron chi connectivity index (χ0n) is 9.53. The van der Waals surface area contributed by atoms with E-state index >= 15 is 0 Å². The van der Waals surface area contributed by atoms with Gasteiger partial charge in [-0.3, -0.25) is 0 Å². The molecular formula is C13H17NO2. The number of ether oxygens (including phenoxy) is 2. The summed E-state index contributed by atoms with van der Waals surface area (Å²) in [5, 5.41) is 3.47. The first-order valence-electron chi connectivity index (χ1n) is 5.90. The summed E-state index contributed by atoms with van der Waals surface area (Å²) in [6.45, 7) is 2.97. The van der Waals surface area contributed by atoms with E-state index in [9.17, 15) is 0 Å². The van der Waals surface area contributed by atoms with E-state index in [1.807, 2.05) is 12.1 Å². The van der Waals surface area contributed by atoms with Crippen molar-refractivity contribution in [1.82, 2.24) is 5.32 Å². The highest BCUT2D eigenvalue weighted by molar-refractivity contribution is 5.48. The topological polar surface area (TPSA) is 30.5 Å². The quantitative estimate of drug-likeness (QED) is 0.781. The fraction of sp³-hybridized carbons (Fsp3) is 0.538. The van der Waals surface area contributed by atoms with Crippen LogP contribution in [-0.2, 0) is 0 Å². The molecule has 1 fully saturated rings. The van der Waals surface area contributed by atoms with Gasteiger partial charge in [0, 0.05) is 18.0 Å². The van der Waals surface area contributed by atoms with Crippen molar-refractivity contribution in [3.63, 3.8) is 0 Å². The van der Waals surface area contributed by atoms with E-state index < -0.39 is 0 Å². The molecule has 2 aliphatic heterocycles. The highest BCUT2D eigenvalue weighted by Crippen LogP contribution is 2.43. The molecule has 1 saturated heterocycles. The van der Waals surface area contributed by atoms with Crippen molar-refractivity contribution in [1.29, 1.82) is 0 Å². The molecular weight excluding hydrogens is 202 g/mol. The number of benzene rings is 1. The molecule has 2 heterocycles. The second-order valence-corrected chi connectivity index (χ2v) is 4.53. The Balaban J connectivity index is 2.10. The fourth-order valence-electron chi connectivity index (χ4n) is 2.89. The molecule has 0 aromatic heterocycles. The van der Waals surface area contributed by atoms with Gasteiger partial charge in [-0.25, -0.2) is 0 Å². The van der Waals surface area contributed by atoms with Crippen LogP contribution in [0.3, 0.4) is 0 Å². The lowest BCUT2D eigenvalue weighted by Crippen LogP contribution is -2.11. The second-order valence-electron chi connectivity index (χ2n) is 4.53. The van der Waals surface area contributed by atoms with E-state index in [1.165, 1.54) is 5.56 Å². The number of methoxy groups -OCH3 is 1. The first-order valence-corrected chi connectivity index (χ1v) is 5.90. The summed E-state index contributed by atoms with van der Waals surface area (Å²) in [7, 11) is 1.73. The molecule has 2 unspecified atom stereocenters. The minimum atomic E-state index is 0.550. The van der Waals surface area contributed by atoms with Gasteiger partial charge in [-0.1, -0.05) is 6.07 Å². The number of hydrogen-bond acceptors (Lipinski definition) is 3. The minimum Gasteiger partial charge on any atom is -0.496 e. The summed E-state index contributed by atoms with van der Waals surface area (Å²) in [4.78, 5) is 0. The molecule has 3 rings (SSSR count). The smallest absolute Gasteiger partial charge is 0.126 e. The molecule has 16 heavy (non-hydrogen) atoms. The molecule has 0 spiro atoms. The van der Waals surface area contributed by atoms with Crippen molar-refractivity contribution in [2.24, 2.45) is 5.92 Å². The van der Waals surface area contributed by atoms with Crippen molar-refractivity contribution in [3.05, 3.63) is 23.8 Å². The summed E-state index contributed by atoms with van der Waals surface area (Å²) in [5.74, 6) is 3.22. The zero-order valence-corrected chi connectivity index (χ0v) is 9.53. The molecule has 2 aliphatic rings. The Labute approximate surface area is 95.8 Å². The number of rotatable bonds is 1. The van der Waals surface area contributed by atoms with Gasteiger partial charge in [0.1, 0.15) is 11.5 Å². The van der Waals surface area contributed by atoms with E-state index in [4.69, 9.17) is 9.47 Å². The monoisotopic (exact) mass is 219 g/mol. The van der Waals surface area contributed by atoms with Gasteiger partial charge in [0.25, 0.3) is 0 Å². The van der Waals surface area contributed by atoms with E-state index in [-0.39, 0.29) is 0 Å². The van der Waals surface area contributed by atoms with Crippen LogP contribution in [0.1, 0.15) is 17.9 Å². The molecule has 3 heteroatoms. The molecule has 1 aromatic rings. The maximum Gasteiger partial charge on any atom is 0.126 e. The summed E-state index contributed by atoms with van der Waals surface area (Å²) in [5.41, 5.74) is 1.26. The summed E-state index contributed by atoms with van der Waals surface area (Å²) < 4.78 is 11.3. The van der Waals surface area contributed by atoms with Crippen LogP contribution < -0.4 is 14.8 Å². The van der Waals surface area contributed by atoms with Crippen LogP contribution in [0.2, 0.25) is 0 Å². The largest absolute Gasteiger partial charge is 0.496 e. The zero-order chi connectivity index (χ0) is 11.0. The molecule has 2 atom stereocenters. The lowest BCUT2D eigenvalue weighted by atomic mass is 9.87.